The molecule has 3 aromatic carbocycles. The predicted molar refractivity (Wildman–Crippen MR) is 146 cm³/mol. The Morgan fingerprint density at radius 2 is 0.974 bits per heavy atom. The van der Waals surface area contributed by atoms with E-state index in [4.69, 9.17) is 9.47 Å². The van der Waals surface area contributed by atoms with E-state index in [9.17, 15) is 13.0 Å². The maximum Gasteiger partial charge on any atom is 0.207 e. The Bertz CT molecular complexity index is 1330. The minimum absolute atomic E-state index is 0.178. The van der Waals surface area contributed by atoms with Gasteiger partial charge in [0.15, 0.2) is 0 Å². The van der Waals surface area contributed by atoms with Gasteiger partial charge in [0.25, 0.3) is 0 Å². The highest BCUT2D eigenvalue weighted by Gasteiger charge is 2.13. The maximum atomic E-state index is 10.4. The summed E-state index contributed by atoms with van der Waals surface area (Å²) in [4.78, 5) is -0.178. The molecule has 1 heterocycles. The minimum Gasteiger partial charge on any atom is -0.744 e. The lowest BCUT2D eigenvalue weighted by Crippen LogP contribution is -2.38. The normalized spacial score (nSPS) is 11.1. The molecule has 0 aliphatic heterocycles. The van der Waals surface area contributed by atoms with Crippen molar-refractivity contribution in [2.45, 2.75) is 52.1 Å². The lowest BCUT2D eigenvalue weighted by Gasteiger charge is -2.08. The van der Waals surface area contributed by atoms with Crippen molar-refractivity contribution in [3.63, 3.8) is 0 Å². The highest BCUT2D eigenvalue weighted by molar-refractivity contribution is 7.85. The molecule has 0 atom stereocenters. The molecule has 38 heavy (non-hydrogen) atoms. The van der Waals surface area contributed by atoms with E-state index in [1.165, 1.54) is 34.4 Å². The first-order valence-electron chi connectivity index (χ1n) is 12.4. The fourth-order valence-corrected chi connectivity index (χ4v) is 4.06. The largest absolute Gasteiger partial charge is 0.744 e. The van der Waals surface area contributed by atoms with Crippen molar-refractivity contribution in [1.82, 2.24) is 0 Å². The quantitative estimate of drug-likeness (QED) is 0.211. The first-order valence-corrected chi connectivity index (χ1v) is 13.8. The summed E-state index contributed by atoms with van der Waals surface area (Å²) in [5, 5.41) is 0. The summed E-state index contributed by atoms with van der Waals surface area (Å²) in [6, 6.07) is 29.0. The van der Waals surface area contributed by atoms with Gasteiger partial charge < -0.3 is 14.0 Å². The fourth-order valence-electron chi connectivity index (χ4n) is 3.59. The van der Waals surface area contributed by atoms with Gasteiger partial charge in [-0.05, 0) is 50.1 Å². The van der Waals surface area contributed by atoms with E-state index in [2.05, 4.69) is 92.2 Å². The fraction of sp³-hybridized carbons (Fsp3) is 0.258. The Kier molecular flexibility index (Phi) is 10.7. The van der Waals surface area contributed by atoms with E-state index in [1.807, 2.05) is 6.92 Å². The van der Waals surface area contributed by atoms with Gasteiger partial charge in [-0.15, -0.1) is 0 Å². The SMILES string of the molecule is Cc1ccc(COCc2cccc(COCc3ccc(C)cc3)[n+]2C)cc1.Cc1ccc(S(=O)(=O)[O-])cc1. The highest BCUT2D eigenvalue weighted by Crippen LogP contribution is 2.10. The summed E-state index contributed by atoms with van der Waals surface area (Å²) < 4.78 is 45.1. The Morgan fingerprint density at radius 3 is 1.34 bits per heavy atom. The molecule has 4 rings (SSSR count). The molecule has 1 aromatic heterocycles. The van der Waals surface area contributed by atoms with Gasteiger partial charge in [0.05, 0.1) is 18.1 Å². The average molecular weight is 534 g/mol. The van der Waals surface area contributed by atoms with Gasteiger partial charge in [-0.25, -0.2) is 8.42 Å². The average Bonchev–Trinajstić information content (AvgIpc) is 2.88. The number of nitrogens with zero attached hydrogens (tertiary/aromatic N) is 1. The molecule has 0 radical (unpaired) electrons. The summed E-state index contributed by atoms with van der Waals surface area (Å²) in [5.41, 5.74) is 8.13. The Morgan fingerprint density at radius 1 is 0.605 bits per heavy atom. The van der Waals surface area contributed by atoms with Gasteiger partial charge in [0.2, 0.25) is 11.4 Å². The van der Waals surface area contributed by atoms with Crippen LogP contribution in [0.15, 0.2) is 95.9 Å². The topological polar surface area (TPSA) is 79.5 Å². The minimum atomic E-state index is -4.27. The van der Waals surface area contributed by atoms with E-state index in [0.717, 1.165) is 17.0 Å². The number of hydrogen-bond acceptors (Lipinski definition) is 5. The lowest BCUT2D eigenvalue weighted by atomic mass is 10.2. The number of hydrogen-bond donors (Lipinski definition) is 0. The molecule has 200 valence electrons. The van der Waals surface area contributed by atoms with Crippen LogP contribution in [0.2, 0.25) is 0 Å². The van der Waals surface area contributed by atoms with Crippen LogP contribution in [-0.4, -0.2) is 13.0 Å². The van der Waals surface area contributed by atoms with Gasteiger partial charge in [0, 0.05) is 12.1 Å². The monoisotopic (exact) mass is 533 g/mol. The number of aryl methyl sites for hydroxylation is 3. The van der Waals surface area contributed by atoms with E-state index < -0.39 is 10.1 Å². The van der Waals surface area contributed by atoms with E-state index >= 15 is 0 Å². The van der Waals surface area contributed by atoms with Crippen molar-refractivity contribution in [2.24, 2.45) is 7.05 Å². The molecule has 6 nitrogen and oxygen atoms in total. The second kappa shape index (κ2) is 14.0. The molecule has 0 spiro atoms. The zero-order valence-electron chi connectivity index (χ0n) is 22.4. The van der Waals surface area contributed by atoms with Gasteiger partial charge >= 0.3 is 0 Å². The van der Waals surface area contributed by atoms with Crippen molar-refractivity contribution in [3.05, 3.63) is 130 Å². The van der Waals surface area contributed by atoms with Crippen molar-refractivity contribution in [3.8, 4) is 0 Å². The molecule has 0 aliphatic carbocycles. The molecule has 7 heteroatoms. The summed E-state index contributed by atoms with van der Waals surface area (Å²) in [6.45, 7) is 8.41. The molecule has 0 fully saturated rings. The zero-order chi connectivity index (χ0) is 27.5. The first-order chi connectivity index (χ1) is 18.1. The second-order valence-corrected chi connectivity index (χ2v) is 10.7. The van der Waals surface area contributed by atoms with Crippen LogP contribution >= 0.6 is 0 Å². The van der Waals surface area contributed by atoms with Crippen molar-refractivity contribution >= 4 is 10.1 Å². The van der Waals surface area contributed by atoms with Crippen molar-refractivity contribution < 1.29 is 27.0 Å². The van der Waals surface area contributed by atoms with Gasteiger partial charge in [0.1, 0.15) is 30.4 Å². The van der Waals surface area contributed by atoms with E-state index in [-0.39, 0.29) is 4.90 Å². The smallest absolute Gasteiger partial charge is 0.207 e. The molecule has 0 N–H and O–H groups in total. The third-order valence-electron chi connectivity index (χ3n) is 6.03. The molecular weight excluding hydrogens is 498 g/mol. The predicted octanol–water partition coefficient (Wildman–Crippen LogP) is 5.46. The molecule has 4 aromatic rings. The molecule has 0 aliphatic rings. The van der Waals surface area contributed by atoms with Crippen LogP contribution in [0, 0.1) is 20.8 Å². The van der Waals surface area contributed by atoms with Gasteiger partial charge in [-0.2, -0.15) is 4.57 Å². The highest BCUT2D eigenvalue weighted by atomic mass is 32.2. The number of benzene rings is 3. The number of pyridine rings is 1. The molecule has 0 saturated carbocycles. The van der Waals surface area contributed by atoms with Crippen molar-refractivity contribution in [2.75, 3.05) is 0 Å². The van der Waals surface area contributed by atoms with Crippen LogP contribution in [-0.2, 0) is 53.1 Å². The molecule has 0 bridgehead atoms. The van der Waals surface area contributed by atoms with Crippen LogP contribution in [0.5, 0.6) is 0 Å². The standard InChI is InChI=1S/C24H28NO2.C7H8O3S/c1-19-7-11-21(12-8-19)15-26-17-23-5-4-6-24(25(23)3)18-27-16-22-13-9-20(2)10-14-22;1-6-2-4-7(5-3-6)11(8,9)10/h4-14H,15-18H2,1-3H3;2-5H,1H3,(H,8,9,10)/q+1;/p-1. The molecular formula is C31H35NO5S. The summed E-state index contributed by atoms with van der Waals surface area (Å²) in [6.07, 6.45) is 0. The second-order valence-electron chi connectivity index (χ2n) is 9.29. The van der Waals surface area contributed by atoms with E-state index in [1.54, 1.807) is 12.1 Å². The number of aromatic nitrogens is 1. The maximum absolute atomic E-state index is 10.4. The van der Waals surface area contributed by atoms with Crippen LogP contribution in [0.25, 0.3) is 0 Å². The number of ether oxygens (including phenoxy) is 2. The zero-order valence-corrected chi connectivity index (χ0v) is 23.2. The Hall–Kier alpha value is -3.36. The van der Waals surface area contributed by atoms with Crippen LogP contribution in [0.4, 0.5) is 0 Å². The molecule has 0 unspecified atom stereocenters. The van der Waals surface area contributed by atoms with Crippen LogP contribution in [0.1, 0.15) is 39.2 Å². The first kappa shape index (κ1) is 29.2. The summed E-state index contributed by atoms with van der Waals surface area (Å²) in [7, 11) is -2.20. The van der Waals surface area contributed by atoms with Crippen LogP contribution in [0.3, 0.4) is 0 Å². The van der Waals surface area contributed by atoms with Gasteiger partial charge in [-0.3, -0.25) is 0 Å². The molecule has 0 saturated heterocycles. The Labute approximate surface area is 226 Å². The number of rotatable bonds is 9. The Balaban J connectivity index is 0.000000304. The molecule has 0 amide bonds. The van der Waals surface area contributed by atoms with Crippen molar-refractivity contribution in [1.29, 1.82) is 0 Å². The van der Waals surface area contributed by atoms with E-state index in [0.29, 0.717) is 26.4 Å². The summed E-state index contributed by atoms with van der Waals surface area (Å²) in [5.74, 6) is 0. The third kappa shape index (κ3) is 9.50. The van der Waals surface area contributed by atoms with Crippen LogP contribution < -0.4 is 4.57 Å². The summed E-state index contributed by atoms with van der Waals surface area (Å²) >= 11 is 0. The van der Waals surface area contributed by atoms with Gasteiger partial charge in [-0.1, -0.05) is 77.4 Å². The lowest BCUT2D eigenvalue weighted by molar-refractivity contribution is -0.690. The third-order valence-corrected chi connectivity index (χ3v) is 6.88.